The van der Waals surface area contributed by atoms with E-state index in [1.807, 2.05) is 24.3 Å². The van der Waals surface area contributed by atoms with Crippen LogP contribution in [-0.2, 0) is 0 Å². The highest BCUT2D eigenvalue weighted by Crippen LogP contribution is 2.33. The van der Waals surface area contributed by atoms with Crippen LogP contribution in [0.5, 0.6) is 0 Å². The summed E-state index contributed by atoms with van der Waals surface area (Å²) >= 11 is 6.03. The Balaban J connectivity index is 1.88. The Bertz CT molecular complexity index is 964. The Morgan fingerprint density at radius 2 is 1.15 bits per heavy atom. The van der Waals surface area contributed by atoms with E-state index in [0.717, 1.165) is 38.9 Å². The van der Waals surface area contributed by atoms with Crippen molar-refractivity contribution < 1.29 is 0 Å². The molecule has 128 valence electrons. The van der Waals surface area contributed by atoms with Crippen molar-refractivity contribution in [2.24, 2.45) is 0 Å². The summed E-state index contributed by atoms with van der Waals surface area (Å²) in [4.78, 5) is 8.42. The van der Waals surface area contributed by atoms with Gasteiger partial charge in [0.15, 0.2) is 0 Å². The zero-order chi connectivity index (χ0) is 18.1. The molecule has 2 nitrogen and oxygen atoms in total. The number of H-pyrrole nitrogens is 1. The molecule has 0 saturated heterocycles. The van der Waals surface area contributed by atoms with E-state index >= 15 is 0 Å². The molecule has 0 fully saturated rings. The van der Waals surface area contributed by atoms with Crippen molar-refractivity contribution in [1.82, 2.24) is 9.97 Å². The van der Waals surface area contributed by atoms with Crippen molar-refractivity contribution in [3.05, 3.63) is 88.9 Å². The van der Waals surface area contributed by atoms with E-state index < -0.39 is 0 Å². The summed E-state index contributed by atoms with van der Waals surface area (Å²) in [5.41, 5.74) is 7.70. The highest BCUT2D eigenvalue weighted by molar-refractivity contribution is 6.30. The molecule has 0 atom stereocenters. The van der Waals surface area contributed by atoms with Gasteiger partial charge in [0, 0.05) is 21.7 Å². The Morgan fingerprint density at radius 1 is 0.654 bits per heavy atom. The minimum absolute atomic E-state index is 0.720. The van der Waals surface area contributed by atoms with E-state index in [-0.39, 0.29) is 0 Å². The third kappa shape index (κ3) is 3.29. The second kappa shape index (κ2) is 6.81. The van der Waals surface area contributed by atoms with Gasteiger partial charge in [-0.15, -0.1) is 0 Å². The Hall–Kier alpha value is -2.84. The van der Waals surface area contributed by atoms with Crippen molar-refractivity contribution in [2.75, 3.05) is 0 Å². The summed E-state index contributed by atoms with van der Waals surface area (Å²) in [5, 5.41) is 0.720. The van der Waals surface area contributed by atoms with Gasteiger partial charge in [-0.2, -0.15) is 0 Å². The number of halogens is 1. The van der Waals surface area contributed by atoms with Crippen molar-refractivity contribution in [3.8, 4) is 33.9 Å². The first kappa shape index (κ1) is 16.6. The number of benzene rings is 3. The fraction of sp³-hybridized carbons (Fsp3) is 0.0870. The molecule has 1 heterocycles. The van der Waals surface area contributed by atoms with E-state index in [1.165, 1.54) is 11.1 Å². The molecule has 0 radical (unpaired) electrons. The van der Waals surface area contributed by atoms with E-state index in [9.17, 15) is 0 Å². The number of aromatic nitrogens is 2. The molecule has 4 rings (SSSR count). The number of nitrogens with zero attached hydrogens (tertiary/aromatic N) is 1. The van der Waals surface area contributed by atoms with Crippen molar-refractivity contribution >= 4 is 11.6 Å². The molecule has 0 aliphatic rings. The van der Waals surface area contributed by atoms with Crippen molar-refractivity contribution in [3.63, 3.8) is 0 Å². The molecule has 1 aromatic heterocycles. The third-order valence-corrected chi connectivity index (χ3v) is 4.74. The molecule has 0 amide bonds. The predicted molar refractivity (Wildman–Crippen MR) is 109 cm³/mol. The SMILES string of the molecule is Cc1ccc(-c2nc(-c3ccc(Cl)cc3)[nH]c2-c2ccc(C)cc2)cc1. The maximum absolute atomic E-state index is 6.03. The Kier molecular flexibility index (Phi) is 4.36. The van der Waals surface area contributed by atoms with Crippen molar-refractivity contribution in [1.29, 1.82) is 0 Å². The summed E-state index contributed by atoms with van der Waals surface area (Å²) in [6, 6.07) is 24.7. The molecule has 0 saturated carbocycles. The first-order valence-corrected chi connectivity index (χ1v) is 8.98. The molecule has 0 unspecified atom stereocenters. The number of aromatic amines is 1. The quantitative estimate of drug-likeness (QED) is 0.434. The number of imidazole rings is 1. The van der Waals surface area contributed by atoms with Gasteiger partial charge in [-0.25, -0.2) is 4.98 Å². The molecule has 0 aliphatic carbocycles. The molecular formula is C23H19ClN2. The number of aryl methyl sites for hydroxylation is 2. The average Bonchev–Trinajstić information content (AvgIpc) is 3.09. The molecule has 0 bridgehead atoms. The lowest BCUT2D eigenvalue weighted by atomic mass is 10.0. The van der Waals surface area contributed by atoms with Gasteiger partial charge in [0.2, 0.25) is 0 Å². The number of hydrogen-bond donors (Lipinski definition) is 1. The minimum Gasteiger partial charge on any atom is -0.337 e. The largest absolute Gasteiger partial charge is 0.337 e. The summed E-state index contributed by atoms with van der Waals surface area (Å²) in [6.45, 7) is 4.19. The van der Waals surface area contributed by atoms with Crippen LogP contribution in [0.3, 0.4) is 0 Å². The lowest BCUT2D eigenvalue weighted by Crippen LogP contribution is -1.84. The maximum atomic E-state index is 6.03. The zero-order valence-electron chi connectivity index (χ0n) is 14.8. The lowest BCUT2D eigenvalue weighted by molar-refractivity contribution is 1.31. The standard InChI is InChI=1S/C23H19ClN2/c1-15-3-7-17(8-4-15)21-22(18-9-5-16(2)6-10-18)26-23(25-21)19-11-13-20(24)14-12-19/h3-14H,1-2H3,(H,25,26). The zero-order valence-corrected chi connectivity index (χ0v) is 15.5. The average molecular weight is 359 g/mol. The molecule has 1 N–H and O–H groups in total. The normalized spacial score (nSPS) is 10.9. The molecule has 4 aromatic rings. The topological polar surface area (TPSA) is 28.7 Å². The number of hydrogen-bond acceptors (Lipinski definition) is 1. The van der Waals surface area contributed by atoms with Crippen LogP contribution in [0, 0.1) is 13.8 Å². The van der Waals surface area contributed by atoms with Crippen molar-refractivity contribution in [2.45, 2.75) is 13.8 Å². The highest BCUT2D eigenvalue weighted by atomic mass is 35.5. The van der Waals surface area contributed by atoms with Gasteiger partial charge in [-0.3, -0.25) is 0 Å². The third-order valence-electron chi connectivity index (χ3n) is 4.49. The van der Waals surface area contributed by atoms with Crippen LogP contribution in [-0.4, -0.2) is 9.97 Å². The first-order valence-electron chi connectivity index (χ1n) is 8.60. The van der Waals surface area contributed by atoms with E-state index in [0.29, 0.717) is 0 Å². The second-order valence-corrected chi connectivity index (χ2v) is 6.98. The summed E-state index contributed by atoms with van der Waals surface area (Å²) < 4.78 is 0. The van der Waals surface area contributed by atoms with Crippen LogP contribution >= 0.6 is 11.6 Å². The van der Waals surface area contributed by atoms with Crippen LogP contribution in [0.2, 0.25) is 5.02 Å². The smallest absolute Gasteiger partial charge is 0.138 e. The van der Waals surface area contributed by atoms with E-state index in [1.54, 1.807) is 0 Å². The molecule has 0 spiro atoms. The number of rotatable bonds is 3. The van der Waals surface area contributed by atoms with E-state index in [4.69, 9.17) is 16.6 Å². The van der Waals surface area contributed by atoms with Crippen LogP contribution < -0.4 is 0 Å². The molecule has 0 aliphatic heterocycles. The van der Waals surface area contributed by atoms with Gasteiger partial charge in [0.25, 0.3) is 0 Å². The summed E-state index contributed by atoms with van der Waals surface area (Å²) in [5.74, 6) is 0.841. The Labute approximate surface area is 158 Å². The summed E-state index contributed by atoms with van der Waals surface area (Å²) in [7, 11) is 0. The maximum Gasteiger partial charge on any atom is 0.138 e. The van der Waals surface area contributed by atoms with Gasteiger partial charge in [-0.05, 0) is 38.1 Å². The van der Waals surface area contributed by atoms with Crippen LogP contribution in [0.4, 0.5) is 0 Å². The predicted octanol–water partition coefficient (Wildman–Crippen LogP) is 6.68. The second-order valence-electron chi connectivity index (χ2n) is 6.55. The molecule has 26 heavy (non-hydrogen) atoms. The lowest BCUT2D eigenvalue weighted by Gasteiger charge is -2.04. The monoisotopic (exact) mass is 358 g/mol. The van der Waals surface area contributed by atoms with Gasteiger partial charge >= 0.3 is 0 Å². The first-order chi connectivity index (χ1) is 12.6. The van der Waals surface area contributed by atoms with Gasteiger partial charge < -0.3 is 4.98 Å². The molecule has 3 aromatic carbocycles. The fourth-order valence-electron chi connectivity index (χ4n) is 2.97. The van der Waals surface area contributed by atoms with Gasteiger partial charge in [0.05, 0.1) is 11.4 Å². The van der Waals surface area contributed by atoms with Crippen LogP contribution in [0.15, 0.2) is 72.8 Å². The minimum atomic E-state index is 0.720. The van der Waals surface area contributed by atoms with E-state index in [2.05, 4.69) is 67.4 Å². The molecule has 3 heteroatoms. The summed E-state index contributed by atoms with van der Waals surface area (Å²) in [6.07, 6.45) is 0. The van der Waals surface area contributed by atoms with Gasteiger partial charge in [-0.1, -0.05) is 71.3 Å². The highest BCUT2D eigenvalue weighted by Gasteiger charge is 2.15. The molecular weight excluding hydrogens is 340 g/mol. The number of nitrogens with one attached hydrogen (secondary N) is 1. The van der Waals surface area contributed by atoms with Crippen LogP contribution in [0.1, 0.15) is 11.1 Å². The van der Waals surface area contributed by atoms with Gasteiger partial charge in [0.1, 0.15) is 5.82 Å². The Morgan fingerprint density at radius 3 is 1.73 bits per heavy atom. The fourth-order valence-corrected chi connectivity index (χ4v) is 3.09. The van der Waals surface area contributed by atoms with Crippen LogP contribution in [0.25, 0.3) is 33.9 Å².